The third-order valence-corrected chi connectivity index (χ3v) is 5.71. The van der Waals surface area contributed by atoms with Gasteiger partial charge in [-0.25, -0.2) is 4.79 Å². The topological polar surface area (TPSA) is 123 Å². The van der Waals surface area contributed by atoms with E-state index in [1.54, 1.807) is 37.3 Å². The zero-order chi connectivity index (χ0) is 26.9. The highest BCUT2D eigenvalue weighted by Crippen LogP contribution is 2.43. The molecule has 3 aromatic rings. The maximum Gasteiger partial charge on any atom is 0.412 e. The Morgan fingerprint density at radius 2 is 1.76 bits per heavy atom. The fourth-order valence-electron chi connectivity index (χ4n) is 3.34. The van der Waals surface area contributed by atoms with Crippen molar-refractivity contribution in [1.82, 2.24) is 5.32 Å². The highest BCUT2D eigenvalue weighted by atomic mass is 32.2. The Hall–Kier alpha value is -3.86. The third kappa shape index (κ3) is 7.32. The molecule has 0 aliphatic rings. The first-order valence-electron chi connectivity index (χ1n) is 11.5. The minimum absolute atomic E-state index is 0.0548. The minimum atomic E-state index is -0.686. The van der Waals surface area contributed by atoms with Crippen LogP contribution in [0.2, 0.25) is 0 Å². The van der Waals surface area contributed by atoms with Crippen molar-refractivity contribution in [3.63, 3.8) is 0 Å². The molecule has 1 amide bonds. The quantitative estimate of drug-likeness (QED) is 0.346. The molecular formula is C26H29NO9S. The second-order valence-electron chi connectivity index (χ2n) is 7.86. The van der Waals surface area contributed by atoms with Gasteiger partial charge in [0.1, 0.15) is 16.7 Å². The van der Waals surface area contributed by atoms with E-state index >= 15 is 0 Å². The molecule has 198 valence electrons. The predicted molar refractivity (Wildman–Crippen MR) is 137 cm³/mol. The molecule has 0 spiro atoms. The van der Waals surface area contributed by atoms with E-state index in [0.717, 1.165) is 4.90 Å². The Kier molecular flexibility index (Phi) is 9.67. The smallest absolute Gasteiger partial charge is 0.412 e. The summed E-state index contributed by atoms with van der Waals surface area (Å²) < 4.78 is 32.7. The standard InChI is InChI=1S/C26H29NO9S/c1-6-33-21(29)11-12-27-26(30)35-16-7-9-17(10-8-16)37-22-13-18(28)23-19(36-22)14-20(34-15(2)3)24(31-4)25(23)32-5/h7-10,13-15H,6,11-12H2,1-5H3,(H,27,30). The van der Waals surface area contributed by atoms with Gasteiger partial charge in [-0.3, -0.25) is 9.59 Å². The first kappa shape index (κ1) is 27.7. The molecule has 1 N–H and O–H groups in total. The van der Waals surface area contributed by atoms with Gasteiger partial charge in [0, 0.05) is 23.6 Å². The fourth-order valence-corrected chi connectivity index (χ4v) is 4.14. The number of esters is 1. The second-order valence-corrected chi connectivity index (χ2v) is 8.93. The Bertz CT molecular complexity index is 1300. The van der Waals surface area contributed by atoms with E-state index in [9.17, 15) is 14.4 Å². The summed E-state index contributed by atoms with van der Waals surface area (Å²) in [4.78, 5) is 36.9. The first-order chi connectivity index (χ1) is 17.7. The molecule has 0 unspecified atom stereocenters. The van der Waals surface area contributed by atoms with Gasteiger partial charge in [-0.15, -0.1) is 0 Å². The molecule has 0 bridgehead atoms. The van der Waals surface area contributed by atoms with Crippen molar-refractivity contribution in [1.29, 1.82) is 0 Å². The molecule has 0 atom stereocenters. The molecule has 0 saturated heterocycles. The summed E-state index contributed by atoms with van der Waals surface area (Å²) in [5.74, 6) is 0.866. The summed E-state index contributed by atoms with van der Waals surface area (Å²) in [5, 5.41) is 3.09. The van der Waals surface area contributed by atoms with Crippen LogP contribution < -0.4 is 29.7 Å². The van der Waals surface area contributed by atoms with E-state index in [1.165, 1.54) is 32.0 Å². The number of methoxy groups -OCH3 is 2. The molecule has 11 heteroatoms. The summed E-state index contributed by atoms with van der Waals surface area (Å²) in [6.45, 7) is 5.85. The van der Waals surface area contributed by atoms with Crippen LogP contribution >= 0.6 is 11.8 Å². The first-order valence-corrected chi connectivity index (χ1v) is 12.4. The van der Waals surface area contributed by atoms with Crippen molar-refractivity contribution in [2.24, 2.45) is 0 Å². The van der Waals surface area contributed by atoms with Crippen LogP contribution in [0, 0.1) is 0 Å². The van der Waals surface area contributed by atoms with E-state index in [4.69, 9.17) is 28.1 Å². The molecule has 0 aliphatic carbocycles. The number of carbonyl (C=O) groups excluding carboxylic acids is 2. The van der Waals surface area contributed by atoms with Gasteiger partial charge < -0.3 is 33.4 Å². The third-order valence-electron chi connectivity index (χ3n) is 4.80. The number of hydrogen-bond donors (Lipinski definition) is 1. The summed E-state index contributed by atoms with van der Waals surface area (Å²) in [6, 6.07) is 9.64. The van der Waals surface area contributed by atoms with Crippen LogP contribution in [0.5, 0.6) is 23.0 Å². The second kappa shape index (κ2) is 12.9. The van der Waals surface area contributed by atoms with E-state index < -0.39 is 12.1 Å². The number of fused-ring (bicyclic) bond motifs is 1. The van der Waals surface area contributed by atoms with Gasteiger partial charge >= 0.3 is 12.1 Å². The molecule has 10 nitrogen and oxygen atoms in total. The van der Waals surface area contributed by atoms with Crippen LogP contribution in [0.25, 0.3) is 11.0 Å². The predicted octanol–water partition coefficient (Wildman–Crippen LogP) is 4.79. The summed E-state index contributed by atoms with van der Waals surface area (Å²) in [7, 11) is 2.92. The molecule has 0 fully saturated rings. The zero-order valence-corrected chi connectivity index (χ0v) is 22.1. The molecule has 0 saturated carbocycles. The number of rotatable bonds is 11. The van der Waals surface area contributed by atoms with Crippen LogP contribution in [-0.2, 0) is 9.53 Å². The SMILES string of the molecule is CCOC(=O)CCNC(=O)Oc1ccc(Sc2cc(=O)c3c(OC)c(OC)c(OC(C)C)cc3o2)cc1. The van der Waals surface area contributed by atoms with Crippen LogP contribution in [-0.4, -0.2) is 45.5 Å². The van der Waals surface area contributed by atoms with Gasteiger partial charge in [0.25, 0.3) is 0 Å². The monoisotopic (exact) mass is 531 g/mol. The molecule has 3 rings (SSSR count). The summed E-state index contributed by atoms with van der Waals surface area (Å²) in [5.41, 5.74) is -0.00261. The molecule has 0 aliphatic heterocycles. The highest BCUT2D eigenvalue weighted by Gasteiger charge is 2.21. The van der Waals surface area contributed by atoms with E-state index in [0.29, 0.717) is 27.9 Å². The van der Waals surface area contributed by atoms with E-state index in [1.807, 2.05) is 13.8 Å². The van der Waals surface area contributed by atoms with Gasteiger partial charge in [-0.05, 0) is 45.0 Å². The number of benzene rings is 2. The number of ether oxygens (including phenoxy) is 5. The van der Waals surface area contributed by atoms with Crippen molar-refractivity contribution in [3.05, 3.63) is 46.6 Å². The van der Waals surface area contributed by atoms with Crippen molar-refractivity contribution in [2.45, 2.75) is 43.3 Å². The Morgan fingerprint density at radius 1 is 1.05 bits per heavy atom. The lowest BCUT2D eigenvalue weighted by Gasteiger charge is -2.17. The average Bonchev–Trinajstić information content (AvgIpc) is 2.84. The zero-order valence-electron chi connectivity index (χ0n) is 21.2. The lowest BCUT2D eigenvalue weighted by Crippen LogP contribution is -2.29. The largest absolute Gasteiger partial charge is 0.492 e. The maximum atomic E-state index is 13.0. The molecule has 1 heterocycles. The molecule has 2 aromatic carbocycles. The lowest BCUT2D eigenvalue weighted by molar-refractivity contribution is -0.142. The van der Waals surface area contributed by atoms with Gasteiger partial charge in [0.2, 0.25) is 5.75 Å². The fraction of sp³-hybridized carbons (Fsp3) is 0.346. The van der Waals surface area contributed by atoms with Crippen LogP contribution in [0.4, 0.5) is 4.79 Å². The van der Waals surface area contributed by atoms with Crippen LogP contribution in [0.15, 0.2) is 55.6 Å². The van der Waals surface area contributed by atoms with Crippen LogP contribution in [0.3, 0.4) is 0 Å². The Labute approximate surface area is 218 Å². The summed E-state index contributed by atoms with van der Waals surface area (Å²) in [6.07, 6.45) is -0.770. The van der Waals surface area contributed by atoms with Gasteiger partial charge in [-0.1, -0.05) is 11.8 Å². The number of amides is 1. The maximum absolute atomic E-state index is 13.0. The van der Waals surface area contributed by atoms with Crippen molar-refractivity contribution in [2.75, 3.05) is 27.4 Å². The summed E-state index contributed by atoms with van der Waals surface area (Å²) >= 11 is 1.22. The van der Waals surface area contributed by atoms with Crippen molar-refractivity contribution in [3.8, 4) is 23.0 Å². The lowest BCUT2D eigenvalue weighted by atomic mass is 10.1. The average molecular weight is 532 g/mol. The number of nitrogens with one attached hydrogen (secondary N) is 1. The van der Waals surface area contributed by atoms with Crippen molar-refractivity contribution < 1.29 is 37.7 Å². The van der Waals surface area contributed by atoms with Crippen LogP contribution in [0.1, 0.15) is 27.2 Å². The molecular weight excluding hydrogens is 502 g/mol. The number of carbonyl (C=O) groups is 2. The molecule has 37 heavy (non-hydrogen) atoms. The molecule has 1 aromatic heterocycles. The van der Waals surface area contributed by atoms with Gasteiger partial charge in [0.05, 0.1) is 33.4 Å². The molecule has 0 radical (unpaired) electrons. The van der Waals surface area contributed by atoms with E-state index in [2.05, 4.69) is 5.32 Å². The normalized spacial score (nSPS) is 10.8. The number of hydrogen-bond acceptors (Lipinski definition) is 10. The van der Waals surface area contributed by atoms with Gasteiger partial charge in [-0.2, -0.15) is 0 Å². The van der Waals surface area contributed by atoms with E-state index in [-0.39, 0.29) is 42.2 Å². The minimum Gasteiger partial charge on any atom is -0.492 e. The van der Waals surface area contributed by atoms with Crippen molar-refractivity contribution >= 4 is 34.8 Å². The Morgan fingerprint density at radius 3 is 2.38 bits per heavy atom. The van der Waals surface area contributed by atoms with Gasteiger partial charge in [0.15, 0.2) is 22.0 Å². The Balaban J connectivity index is 1.74. The highest BCUT2D eigenvalue weighted by molar-refractivity contribution is 7.99.